The number of hydrogen-bond donors (Lipinski definition) is 2. The van der Waals surface area contributed by atoms with Crippen molar-refractivity contribution in [2.45, 2.75) is 70.9 Å². The van der Waals surface area contributed by atoms with Crippen LogP contribution >= 0.6 is 0 Å². The third-order valence-corrected chi connectivity index (χ3v) is 4.09. The number of rotatable bonds is 6. The fourth-order valence-corrected chi connectivity index (χ4v) is 3.05. The third-order valence-electron chi connectivity index (χ3n) is 4.09. The molecule has 2 atom stereocenters. The van der Waals surface area contributed by atoms with Crippen LogP contribution in [0.3, 0.4) is 0 Å². The average Bonchev–Trinajstić information content (AvgIpc) is 2.31. The van der Waals surface area contributed by atoms with Crippen molar-refractivity contribution in [1.29, 1.82) is 0 Å². The van der Waals surface area contributed by atoms with Gasteiger partial charge in [0.1, 0.15) is 0 Å². The molecule has 0 aliphatic heterocycles. The summed E-state index contributed by atoms with van der Waals surface area (Å²) >= 11 is 0. The summed E-state index contributed by atoms with van der Waals surface area (Å²) in [6, 6.07) is 0.290. The van der Waals surface area contributed by atoms with Gasteiger partial charge in [0.05, 0.1) is 11.6 Å². The minimum absolute atomic E-state index is 0.0167. The summed E-state index contributed by atoms with van der Waals surface area (Å²) in [4.78, 5) is 0. The predicted molar refractivity (Wildman–Crippen MR) is 68.0 cm³/mol. The summed E-state index contributed by atoms with van der Waals surface area (Å²) < 4.78 is 6.10. The molecule has 0 radical (unpaired) electrons. The van der Waals surface area contributed by atoms with Gasteiger partial charge in [-0.25, -0.2) is 0 Å². The van der Waals surface area contributed by atoms with E-state index in [0.29, 0.717) is 5.92 Å². The lowest BCUT2D eigenvalue weighted by Crippen LogP contribution is -2.58. The van der Waals surface area contributed by atoms with E-state index >= 15 is 0 Å². The lowest BCUT2D eigenvalue weighted by atomic mass is 9.74. The van der Waals surface area contributed by atoms with Gasteiger partial charge in [-0.15, -0.1) is 0 Å². The Morgan fingerprint density at radius 2 is 1.88 bits per heavy atom. The summed E-state index contributed by atoms with van der Waals surface area (Å²) in [6.45, 7) is 7.35. The largest absolute Gasteiger partial charge is 0.374 e. The van der Waals surface area contributed by atoms with Crippen LogP contribution in [0.2, 0.25) is 0 Å². The molecule has 1 fully saturated rings. The third kappa shape index (κ3) is 2.96. The molecular weight excluding hydrogens is 200 g/mol. The number of nitrogens with two attached hydrogens (primary N) is 1. The molecule has 1 aliphatic rings. The highest BCUT2D eigenvalue weighted by molar-refractivity contribution is 4.96. The van der Waals surface area contributed by atoms with Crippen molar-refractivity contribution in [2.75, 3.05) is 6.61 Å². The molecule has 0 amide bonds. The minimum Gasteiger partial charge on any atom is -0.374 e. The smallest absolute Gasteiger partial charge is 0.0850 e. The molecule has 0 aromatic heterocycles. The van der Waals surface area contributed by atoms with Gasteiger partial charge < -0.3 is 4.74 Å². The van der Waals surface area contributed by atoms with Gasteiger partial charge in [0.25, 0.3) is 0 Å². The van der Waals surface area contributed by atoms with Crippen molar-refractivity contribution in [3.63, 3.8) is 0 Å². The van der Waals surface area contributed by atoms with Gasteiger partial charge in [-0.05, 0) is 25.7 Å². The van der Waals surface area contributed by atoms with Crippen molar-refractivity contribution in [2.24, 2.45) is 11.8 Å². The average molecular weight is 228 g/mol. The van der Waals surface area contributed by atoms with E-state index in [9.17, 15) is 0 Å². The van der Waals surface area contributed by atoms with E-state index in [1.165, 1.54) is 19.3 Å². The number of hydrazine groups is 1. The summed E-state index contributed by atoms with van der Waals surface area (Å²) in [6.07, 6.45) is 7.33. The predicted octanol–water partition coefficient (Wildman–Crippen LogP) is 2.60. The Balaban J connectivity index is 2.79. The van der Waals surface area contributed by atoms with Crippen LogP contribution in [0.25, 0.3) is 0 Å². The topological polar surface area (TPSA) is 47.3 Å². The van der Waals surface area contributed by atoms with Gasteiger partial charge in [0.15, 0.2) is 0 Å². The van der Waals surface area contributed by atoms with E-state index in [2.05, 4.69) is 26.2 Å². The Bertz CT molecular complexity index is 185. The van der Waals surface area contributed by atoms with E-state index in [0.717, 1.165) is 25.9 Å². The summed E-state index contributed by atoms with van der Waals surface area (Å²) in [5.41, 5.74) is 3.01. The first-order chi connectivity index (χ1) is 7.70. The number of hydrogen-bond acceptors (Lipinski definition) is 3. The van der Waals surface area contributed by atoms with Crippen LogP contribution in [0.5, 0.6) is 0 Å². The Morgan fingerprint density at radius 3 is 2.31 bits per heavy atom. The van der Waals surface area contributed by atoms with Gasteiger partial charge in [0.2, 0.25) is 0 Å². The van der Waals surface area contributed by atoms with E-state index in [1.54, 1.807) is 0 Å². The molecule has 1 rings (SSSR count). The maximum atomic E-state index is 6.10. The maximum absolute atomic E-state index is 6.10. The molecule has 0 aromatic rings. The minimum atomic E-state index is -0.0167. The van der Waals surface area contributed by atoms with Crippen LogP contribution in [-0.4, -0.2) is 18.2 Å². The van der Waals surface area contributed by atoms with Gasteiger partial charge in [-0.3, -0.25) is 11.3 Å². The lowest BCUT2D eigenvalue weighted by molar-refractivity contribution is -0.101. The van der Waals surface area contributed by atoms with Crippen LogP contribution in [0, 0.1) is 5.92 Å². The van der Waals surface area contributed by atoms with Crippen LogP contribution in [0.1, 0.15) is 59.3 Å². The van der Waals surface area contributed by atoms with Crippen LogP contribution in [0.4, 0.5) is 0 Å². The summed E-state index contributed by atoms with van der Waals surface area (Å²) in [7, 11) is 0. The molecule has 0 bridgehead atoms. The fraction of sp³-hybridized carbons (Fsp3) is 1.00. The van der Waals surface area contributed by atoms with Crippen LogP contribution in [-0.2, 0) is 4.74 Å². The second-order valence-electron chi connectivity index (χ2n) is 5.09. The molecule has 3 nitrogen and oxygen atoms in total. The number of nitrogens with one attached hydrogen (secondary N) is 1. The van der Waals surface area contributed by atoms with Crippen LogP contribution in [0.15, 0.2) is 0 Å². The molecular formula is C13H28N2O. The summed E-state index contributed by atoms with van der Waals surface area (Å²) in [5.74, 6) is 6.33. The molecule has 3 N–H and O–H groups in total. The van der Waals surface area contributed by atoms with Gasteiger partial charge >= 0.3 is 0 Å². The van der Waals surface area contributed by atoms with E-state index in [4.69, 9.17) is 10.6 Å². The standard InChI is InChI=1S/C13H28N2O/c1-4-11(3)12(15-14)13(16-5-2)9-7-6-8-10-13/h11-12,15H,4-10,14H2,1-3H3. The second-order valence-corrected chi connectivity index (χ2v) is 5.09. The molecule has 0 heterocycles. The summed E-state index contributed by atoms with van der Waals surface area (Å²) in [5, 5.41) is 0. The molecule has 2 unspecified atom stereocenters. The highest BCUT2D eigenvalue weighted by Crippen LogP contribution is 2.37. The van der Waals surface area contributed by atoms with Crippen LogP contribution < -0.4 is 11.3 Å². The Morgan fingerprint density at radius 1 is 1.25 bits per heavy atom. The van der Waals surface area contributed by atoms with Crippen molar-refractivity contribution in [3.8, 4) is 0 Å². The van der Waals surface area contributed by atoms with E-state index in [1.807, 2.05) is 0 Å². The molecule has 0 aromatic carbocycles. The van der Waals surface area contributed by atoms with Crippen molar-refractivity contribution < 1.29 is 4.74 Å². The van der Waals surface area contributed by atoms with Crippen molar-refractivity contribution in [1.82, 2.24) is 5.43 Å². The lowest BCUT2D eigenvalue weighted by Gasteiger charge is -2.45. The molecule has 3 heteroatoms. The Kier molecular flexibility index (Phi) is 5.73. The Labute approximate surface area is 100 Å². The van der Waals surface area contributed by atoms with Crippen molar-refractivity contribution >= 4 is 0 Å². The quantitative estimate of drug-likeness (QED) is 0.542. The van der Waals surface area contributed by atoms with E-state index < -0.39 is 0 Å². The number of ether oxygens (including phenoxy) is 1. The second kappa shape index (κ2) is 6.58. The highest BCUT2D eigenvalue weighted by atomic mass is 16.5. The zero-order valence-electron chi connectivity index (χ0n) is 11.1. The SMILES string of the molecule is CCOC1(C(NN)C(C)CC)CCCCC1. The Hall–Kier alpha value is -0.120. The van der Waals surface area contributed by atoms with Gasteiger partial charge in [-0.1, -0.05) is 39.5 Å². The molecule has 0 spiro atoms. The first kappa shape index (κ1) is 13.9. The van der Waals surface area contributed by atoms with E-state index in [-0.39, 0.29) is 11.6 Å². The zero-order chi connectivity index (χ0) is 12.0. The molecule has 96 valence electrons. The molecule has 0 saturated heterocycles. The first-order valence-electron chi connectivity index (χ1n) is 6.80. The first-order valence-corrected chi connectivity index (χ1v) is 6.80. The van der Waals surface area contributed by atoms with Gasteiger partial charge in [-0.2, -0.15) is 0 Å². The molecule has 1 saturated carbocycles. The zero-order valence-corrected chi connectivity index (χ0v) is 11.1. The maximum Gasteiger partial charge on any atom is 0.0850 e. The monoisotopic (exact) mass is 228 g/mol. The normalized spacial score (nSPS) is 24.0. The van der Waals surface area contributed by atoms with Crippen molar-refractivity contribution in [3.05, 3.63) is 0 Å². The molecule has 1 aliphatic carbocycles. The highest BCUT2D eigenvalue weighted by Gasteiger charge is 2.42. The molecule has 16 heavy (non-hydrogen) atoms. The fourth-order valence-electron chi connectivity index (χ4n) is 3.05. The van der Waals surface area contributed by atoms with Gasteiger partial charge in [0, 0.05) is 6.61 Å².